The van der Waals surface area contributed by atoms with Gasteiger partial charge in [0.05, 0.1) is 53.9 Å². The number of nitrogens with zero attached hydrogens (tertiary/aromatic N) is 8. The van der Waals surface area contributed by atoms with Crippen molar-refractivity contribution in [1.29, 1.82) is 0 Å². The summed E-state index contributed by atoms with van der Waals surface area (Å²) < 4.78 is 8.91. The molecule has 1 aliphatic carbocycles. The first-order valence-electron chi connectivity index (χ1n) is 12.8. The zero-order valence-electron chi connectivity index (χ0n) is 20.5. The maximum Gasteiger partial charge on any atom is 0.276 e. The van der Waals surface area contributed by atoms with Gasteiger partial charge in [0.2, 0.25) is 0 Å². The Morgan fingerprint density at radius 1 is 0.921 bits per heavy atom. The maximum atomic E-state index is 13.3. The fourth-order valence-corrected chi connectivity index (χ4v) is 5.13. The lowest BCUT2D eigenvalue weighted by atomic mass is 10.1. The standard InChI is InChI=1S/C26H25ClN8O3/c27-21-10-22(17-11-28-34(12-17)19-14-38-15-19)29-23-9-16(1-4-20(21)23)25(36)32-5-7-33(8-6-32)26(37)24-13-35(31-30-24)18-2-3-18/h1,4,9-13,18-19H,2-3,5-8,14-15H2. The van der Waals surface area contributed by atoms with Gasteiger partial charge >= 0.3 is 0 Å². The van der Waals surface area contributed by atoms with E-state index in [1.807, 2.05) is 23.0 Å². The van der Waals surface area contributed by atoms with E-state index in [0.29, 0.717) is 72.9 Å². The highest BCUT2D eigenvalue weighted by Crippen LogP contribution is 2.34. The van der Waals surface area contributed by atoms with Crippen LogP contribution in [0.4, 0.5) is 0 Å². The minimum Gasteiger partial charge on any atom is -0.377 e. The summed E-state index contributed by atoms with van der Waals surface area (Å²) in [5.41, 5.74) is 3.09. The number of halogens is 1. The molecule has 1 saturated carbocycles. The van der Waals surface area contributed by atoms with Crippen LogP contribution in [0.25, 0.3) is 22.2 Å². The van der Waals surface area contributed by atoms with Crippen LogP contribution in [0.5, 0.6) is 0 Å². The van der Waals surface area contributed by atoms with Crippen LogP contribution < -0.4 is 0 Å². The number of ether oxygens (including phenoxy) is 1. The fourth-order valence-electron chi connectivity index (χ4n) is 4.86. The van der Waals surface area contributed by atoms with Crippen molar-refractivity contribution in [3.63, 3.8) is 0 Å². The number of hydrogen-bond acceptors (Lipinski definition) is 7. The van der Waals surface area contributed by atoms with Gasteiger partial charge in [-0.3, -0.25) is 14.3 Å². The van der Waals surface area contributed by atoms with Crippen molar-refractivity contribution in [2.75, 3.05) is 39.4 Å². The molecule has 1 aromatic carbocycles. The van der Waals surface area contributed by atoms with E-state index in [9.17, 15) is 9.59 Å². The average Bonchev–Trinajstić information content (AvgIpc) is 3.44. The third-order valence-corrected chi connectivity index (χ3v) is 7.72. The minimum absolute atomic E-state index is 0.0974. The summed E-state index contributed by atoms with van der Waals surface area (Å²) in [5.74, 6) is -0.242. The SMILES string of the molecule is O=C(c1ccc2c(Cl)cc(-c3cnn(C4COC4)c3)nc2c1)N1CCN(C(=O)c2cn(C3CC3)nn2)CC1. The molecule has 0 bridgehead atoms. The van der Waals surface area contributed by atoms with E-state index in [-0.39, 0.29) is 17.9 Å². The van der Waals surface area contributed by atoms with Crippen LogP contribution in [0, 0.1) is 0 Å². The molecule has 3 fully saturated rings. The first-order valence-corrected chi connectivity index (χ1v) is 13.1. The lowest BCUT2D eigenvalue weighted by Crippen LogP contribution is -2.50. The summed E-state index contributed by atoms with van der Waals surface area (Å²) in [4.78, 5) is 34.5. The summed E-state index contributed by atoms with van der Waals surface area (Å²) in [6.07, 6.45) is 7.60. The molecule has 194 valence electrons. The van der Waals surface area contributed by atoms with E-state index in [1.54, 1.807) is 39.0 Å². The van der Waals surface area contributed by atoms with Gasteiger partial charge in [-0.1, -0.05) is 22.9 Å². The second kappa shape index (κ2) is 9.17. The third-order valence-electron chi connectivity index (χ3n) is 7.40. The normalized spacial score (nSPS) is 18.1. The number of benzene rings is 1. The number of rotatable bonds is 5. The average molecular weight is 533 g/mol. The number of amides is 2. The van der Waals surface area contributed by atoms with Gasteiger partial charge in [0, 0.05) is 48.9 Å². The van der Waals surface area contributed by atoms with Crippen LogP contribution in [0.2, 0.25) is 5.02 Å². The molecule has 5 heterocycles. The lowest BCUT2D eigenvalue weighted by molar-refractivity contribution is -0.0286. The van der Waals surface area contributed by atoms with E-state index in [0.717, 1.165) is 23.8 Å². The molecule has 0 unspecified atom stereocenters. The molecule has 0 spiro atoms. The van der Waals surface area contributed by atoms with Gasteiger partial charge in [-0.05, 0) is 31.0 Å². The van der Waals surface area contributed by atoms with Crippen molar-refractivity contribution in [3.8, 4) is 11.3 Å². The van der Waals surface area contributed by atoms with Gasteiger partial charge in [0.15, 0.2) is 5.69 Å². The van der Waals surface area contributed by atoms with Gasteiger partial charge in [-0.15, -0.1) is 5.10 Å². The number of carbonyl (C=O) groups is 2. The highest BCUT2D eigenvalue weighted by molar-refractivity contribution is 6.35. The molecular formula is C26H25ClN8O3. The highest BCUT2D eigenvalue weighted by Gasteiger charge is 2.30. The van der Waals surface area contributed by atoms with E-state index < -0.39 is 0 Å². The second-order valence-electron chi connectivity index (χ2n) is 10.0. The van der Waals surface area contributed by atoms with E-state index >= 15 is 0 Å². The Morgan fingerprint density at radius 3 is 2.39 bits per heavy atom. The zero-order valence-corrected chi connectivity index (χ0v) is 21.3. The first kappa shape index (κ1) is 23.3. The molecule has 2 saturated heterocycles. The maximum absolute atomic E-state index is 13.3. The molecule has 3 aliphatic rings. The van der Waals surface area contributed by atoms with E-state index in [4.69, 9.17) is 21.3 Å². The molecule has 3 aromatic heterocycles. The summed E-state index contributed by atoms with van der Waals surface area (Å²) in [7, 11) is 0. The number of hydrogen-bond donors (Lipinski definition) is 0. The molecule has 11 nitrogen and oxygen atoms in total. The van der Waals surface area contributed by atoms with Gasteiger partial charge in [-0.25, -0.2) is 9.67 Å². The molecule has 2 amide bonds. The largest absolute Gasteiger partial charge is 0.377 e. The van der Waals surface area contributed by atoms with Crippen molar-refractivity contribution in [2.24, 2.45) is 0 Å². The van der Waals surface area contributed by atoms with Crippen LogP contribution in [0.15, 0.2) is 42.9 Å². The minimum atomic E-state index is -0.144. The van der Waals surface area contributed by atoms with E-state index in [1.165, 1.54) is 0 Å². The van der Waals surface area contributed by atoms with Crippen molar-refractivity contribution in [1.82, 2.24) is 39.6 Å². The number of aromatic nitrogens is 6. The van der Waals surface area contributed by atoms with Crippen molar-refractivity contribution < 1.29 is 14.3 Å². The van der Waals surface area contributed by atoms with Gasteiger partial charge in [0.25, 0.3) is 11.8 Å². The topological polar surface area (TPSA) is 111 Å². The zero-order chi connectivity index (χ0) is 25.8. The number of pyridine rings is 1. The monoisotopic (exact) mass is 532 g/mol. The Kier molecular flexibility index (Phi) is 5.62. The Morgan fingerprint density at radius 2 is 1.68 bits per heavy atom. The second-order valence-corrected chi connectivity index (χ2v) is 10.4. The predicted octanol–water partition coefficient (Wildman–Crippen LogP) is 2.85. The van der Waals surface area contributed by atoms with Gasteiger partial charge in [0.1, 0.15) is 0 Å². The Bertz CT molecular complexity index is 1550. The molecule has 0 N–H and O–H groups in total. The van der Waals surface area contributed by atoms with Crippen LogP contribution >= 0.6 is 11.6 Å². The van der Waals surface area contributed by atoms with Crippen molar-refractivity contribution >= 4 is 34.3 Å². The van der Waals surface area contributed by atoms with E-state index in [2.05, 4.69) is 15.4 Å². The molecule has 38 heavy (non-hydrogen) atoms. The number of piperazine rings is 1. The lowest BCUT2D eigenvalue weighted by Gasteiger charge is -2.34. The summed E-state index contributed by atoms with van der Waals surface area (Å²) >= 11 is 6.59. The van der Waals surface area contributed by atoms with Crippen LogP contribution in [0.1, 0.15) is 45.8 Å². The molecule has 7 rings (SSSR count). The molecule has 12 heteroatoms. The Labute approximate surface area is 222 Å². The molecule has 2 aliphatic heterocycles. The third kappa shape index (κ3) is 4.21. The fraction of sp³-hybridized carbons (Fsp3) is 0.385. The number of fused-ring (bicyclic) bond motifs is 1. The van der Waals surface area contributed by atoms with Crippen molar-refractivity contribution in [2.45, 2.75) is 24.9 Å². The highest BCUT2D eigenvalue weighted by atomic mass is 35.5. The Hall–Kier alpha value is -3.83. The summed E-state index contributed by atoms with van der Waals surface area (Å²) in [6, 6.07) is 7.84. The first-order chi connectivity index (χ1) is 18.5. The van der Waals surface area contributed by atoms with Crippen LogP contribution in [-0.4, -0.2) is 90.8 Å². The van der Waals surface area contributed by atoms with Gasteiger partial charge in [-0.2, -0.15) is 5.10 Å². The molecule has 4 aromatic rings. The quantitative estimate of drug-likeness (QED) is 0.388. The number of carbonyl (C=O) groups excluding carboxylic acids is 2. The van der Waals surface area contributed by atoms with Crippen LogP contribution in [0.3, 0.4) is 0 Å². The summed E-state index contributed by atoms with van der Waals surface area (Å²) in [5, 5.41) is 13.9. The van der Waals surface area contributed by atoms with Crippen LogP contribution in [-0.2, 0) is 4.74 Å². The molecular weight excluding hydrogens is 508 g/mol. The Balaban J connectivity index is 1.06. The van der Waals surface area contributed by atoms with Crippen molar-refractivity contribution in [3.05, 3.63) is 59.1 Å². The molecule has 0 atom stereocenters. The molecule has 0 radical (unpaired) electrons. The predicted molar refractivity (Wildman–Crippen MR) is 138 cm³/mol. The smallest absolute Gasteiger partial charge is 0.276 e. The summed E-state index contributed by atoms with van der Waals surface area (Å²) in [6.45, 7) is 3.08. The van der Waals surface area contributed by atoms with Gasteiger partial charge < -0.3 is 14.5 Å².